The lowest BCUT2D eigenvalue weighted by Crippen LogP contribution is -2.04. The normalized spacial score (nSPS) is 10.2. The van der Waals surface area contributed by atoms with E-state index in [0.717, 1.165) is 0 Å². The summed E-state index contributed by atoms with van der Waals surface area (Å²) in [6.45, 7) is 2.45. The quantitative estimate of drug-likeness (QED) is 0.885. The lowest BCUT2D eigenvalue weighted by Gasteiger charge is -2.10. The third-order valence-electron chi connectivity index (χ3n) is 2.52. The molecule has 0 bridgehead atoms. The van der Waals surface area contributed by atoms with Crippen LogP contribution in [-0.4, -0.2) is 33.2 Å². The zero-order valence-electron chi connectivity index (χ0n) is 10.5. The van der Waals surface area contributed by atoms with Crippen LogP contribution in [0.2, 0.25) is 0 Å². The Bertz CT molecular complexity index is 594. The highest BCUT2D eigenvalue weighted by atomic mass is 16.5. The van der Waals surface area contributed by atoms with Crippen molar-refractivity contribution < 1.29 is 19.4 Å². The van der Waals surface area contributed by atoms with E-state index in [1.807, 2.05) is 6.92 Å². The molecule has 0 saturated carbocycles. The molecule has 0 aliphatic heterocycles. The highest BCUT2D eigenvalue weighted by Crippen LogP contribution is 2.29. The maximum atomic E-state index is 11.1. The molecule has 19 heavy (non-hydrogen) atoms. The first-order valence-electron chi connectivity index (χ1n) is 5.63. The number of aromatic carboxylic acids is 1. The maximum absolute atomic E-state index is 11.1. The van der Waals surface area contributed by atoms with Gasteiger partial charge < -0.3 is 14.6 Å². The second-order valence-corrected chi connectivity index (χ2v) is 3.66. The highest BCUT2D eigenvalue weighted by Gasteiger charge is 2.15. The van der Waals surface area contributed by atoms with E-state index in [4.69, 9.17) is 14.6 Å². The predicted molar refractivity (Wildman–Crippen MR) is 65.7 cm³/mol. The summed E-state index contributed by atoms with van der Waals surface area (Å²) in [6, 6.07) is 4.50. The van der Waals surface area contributed by atoms with Crippen LogP contribution in [-0.2, 0) is 6.54 Å². The molecule has 0 radical (unpaired) electrons. The van der Waals surface area contributed by atoms with Crippen molar-refractivity contribution in [3.8, 4) is 17.4 Å². The van der Waals surface area contributed by atoms with E-state index in [-0.39, 0.29) is 11.3 Å². The van der Waals surface area contributed by atoms with Gasteiger partial charge in [0.1, 0.15) is 23.3 Å². The maximum Gasteiger partial charge on any atom is 0.339 e. The van der Waals surface area contributed by atoms with Crippen LogP contribution < -0.4 is 9.47 Å². The Labute approximate surface area is 109 Å². The molecular formula is C12H13N3O4. The van der Waals surface area contributed by atoms with Crippen molar-refractivity contribution in [2.45, 2.75) is 13.5 Å². The van der Waals surface area contributed by atoms with E-state index < -0.39 is 5.97 Å². The second kappa shape index (κ2) is 5.38. The Morgan fingerprint density at radius 2 is 2.26 bits per heavy atom. The molecule has 0 aliphatic rings. The van der Waals surface area contributed by atoms with Gasteiger partial charge in [-0.1, -0.05) is 5.21 Å². The van der Waals surface area contributed by atoms with E-state index in [9.17, 15) is 4.79 Å². The monoisotopic (exact) mass is 263 g/mol. The Morgan fingerprint density at radius 1 is 1.47 bits per heavy atom. The van der Waals surface area contributed by atoms with Crippen LogP contribution in [0.1, 0.15) is 17.3 Å². The van der Waals surface area contributed by atoms with Gasteiger partial charge in [0, 0.05) is 12.6 Å². The average molecular weight is 263 g/mol. The van der Waals surface area contributed by atoms with Gasteiger partial charge in [-0.3, -0.25) is 0 Å². The first-order valence-corrected chi connectivity index (χ1v) is 5.63. The topological polar surface area (TPSA) is 86.5 Å². The van der Waals surface area contributed by atoms with Crippen LogP contribution in [0, 0.1) is 0 Å². The fourth-order valence-electron chi connectivity index (χ4n) is 1.55. The van der Waals surface area contributed by atoms with Crippen molar-refractivity contribution in [3.63, 3.8) is 0 Å². The molecule has 7 heteroatoms. The molecular weight excluding hydrogens is 250 g/mol. The summed E-state index contributed by atoms with van der Waals surface area (Å²) in [7, 11) is 1.50. The van der Waals surface area contributed by atoms with Crippen LogP contribution in [0.25, 0.3) is 0 Å². The molecule has 7 nitrogen and oxygen atoms in total. The molecule has 0 unspecified atom stereocenters. The standard InChI is InChI=1S/C12H13N3O4/c1-3-15-11(7-13-14-15)19-10-6-8(18-2)4-5-9(10)12(16)17/h4-7H,3H2,1-2H3,(H,16,17). The molecule has 0 fully saturated rings. The van der Waals surface area contributed by atoms with Gasteiger partial charge in [0.2, 0.25) is 5.88 Å². The molecule has 0 aliphatic carbocycles. The molecule has 0 atom stereocenters. The molecule has 1 aromatic carbocycles. The van der Waals surface area contributed by atoms with E-state index in [1.165, 1.54) is 30.1 Å². The summed E-state index contributed by atoms with van der Waals surface area (Å²) in [6.07, 6.45) is 1.43. The summed E-state index contributed by atoms with van der Waals surface area (Å²) >= 11 is 0. The summed E-state index contributed by atoms with van der Waals surface area (Å²) in [5, 5.41) is 16.7. The third kappa shape index (κ3) is 2.65. The number of ether oxygens (including phenoxy) is 2. The number of nitrogens with zero attached hydrogens (tertiary/aromatic N) is 3. The van der Waals surface area contributed by atoms with E-state index in [2.05, 4.69) is 10.3 Å². The van der Waals surface area contributed by atoms with Gasteiger partial charge in [-0.15, -0.1) is 5.10 Å². The Morgan fingerprint density at radius 3 is 2.89 bits per heavy atom. The molecule has 1 aromatic heterocycles. The highest BCUT2D eigenvalue weighted by molar-refractivity contribution is 5.91. The van der Waals surface area contributed by atoms with Gasteiger partial charge in [-0.25, -0.2) is 9.48 Å². The summed E-state index contributed by atoms with van der Waals surface area (Å²) < 4.78 is 12.1. The average Bonchev–Trinajstić information content (AvgIpc) is 2.85. The third-order valence-corrected chi connectivity index (χ3v) is 2.52. The molecule has 2 rings (SSSR count). The van der Waals surface area contributed by atoms with Crippen LogP contribution >= 0.6 is 0 Å². The minimum atomic E-state index is -1.08. The summed E-state index contributed by atoms with van der Waals surface area (Å²) in [5.41, 5.74) is 0.0460. The van der Waals surface area contributed by atoms with E-state index in [0.29, 0.717) is 18.2 Å². The molecule has 2 aromatic rings. The zero-order chi connectivity index (χ0) is 13.8. The summed E-state index contributed by atoms with van der Waals surface area (Å²) in [4.78, 5) is 11.1. The van der Waals surface area contributed by atoms with Crippen LogP contribution in [0.4, 0.5) is 0 Å². The van der Waals surface area contributed by atoms with Crippen LogP contribution in [0.3, 0.4) is 0 Å². The van der Waals surface area contributed by atoms with Crippen molar-refractivity contribution in [1.82, 2.24) is 15.0 Å². The molecule has 0 saturated heterocycles. The molecule has 100 valence electrons. The fourth-order valence-corrected chi connectivity index (χ4v) is 1.55. The molecule has 1 N–H and O–H groups in total. The predicted octanol–water partition coefficient (Wildman–Crippen LogP) is 1.80. The smallest absolute Gasteiger partial charge is 0.339 e. The molecule has 0 amide bonds. The minimum absolute atomic E-state index is 0.0460. The van der Waals surface area contributed by atoms with Gasteiger partial charge in [0.15, 0.2) is 0 Å². The number of methoxy groups -OCH3 is 1. The fraction of sp³-hybridized carbons (Fsp3) is 0.250. The SMILES string of the molecule is CCn1nncc1Oc1cc(OC)ccc1C(=O)O. The van der Waals surface area contributed by atoms with Crippen molar-refractivity contribution in [2.24, 2.45) is 0 Å². The number of rotatable bonds is 5. The van der Waals surface area contributed by atoms with Crippen LogP contribution in [0.5, 0.6) is 17.4 Å². The van der Waals surface area contributed by atoms with Gasteiger partial charge >= 0.3 is 5.97 Å². The second-order valence-electron chi connectivity index (χ2n) is 3.66. The first-order chi connectivity index (χ1) is 9.15. The number of aromatic nitrogens is 3. The minimum Gasteiger partial charge on any atom is -0.497 e. The number of carbonyl (C=O) groups is 1. The number of aryl methyl sites for hydroxylation is 1. The van der Waals surface area contributed by atoms with Gasteiger partial charge in [0.25, 0.3) is 0 Å². The first kappa shape index (κ1) is 12.9. The number of benzene rings is 1. The van der Waals surface area contributed by atoms with E-state index in [1.54, 1.807) is 6.07 Å². The Balaban J connectivity index is 2.39. The number of carboxylic acids is 1. The van der Waals surface area contributed by atoms with Crippen LogP contribution in [0.15, 0.2) is 24.4 Å². The molecule has 1 heterocycles. The Kier molecular flexibility index (Phi) is 3.65. The lowest BCUT2D eigenvalue weighted by atomic mass is 10.2. The van der Waals surface area contributed by atoms with Gasteiger partial charge in [-0.05, 0) is 19.1 Å². The van der Waals surface area contributed by atoms with Crippen molar-refractivity contribution in [2.75, 3.05) is 7.11 Å². The lowest BCUT2D eigenvalue weighted by molar-refractivity contribution is 0.0694. The van der Waals surface area contributed by atoms with E-state index >= 15 is 0 Å². The molecule has 0 spiro atoms. The van der Waals surface area contributed by atoms with Gasteiger partial charge in [0.05, 0.1) is 7.11 Å². The number of hydrogen-bond acceptors (Lipinski definition) is 5. The Hall–Kier alpha value is -2.57. The summed E-state index contributed by atoms with van der Waals surface area (Å²) in [5.74, 6) is -0.00852. The number of hydrogen-bond donors (Lipinski definition) is 1. The van der Waals surface area contributed by atoms with Gasteiger partial charge in [-0.2, -0.15) is 0 Å². The largest absolute Gasteiger partial charge is 0.497 e. The van der Waals surface area contributed by atoms with Crippen molar-refractivity contribution >= 4 is 5.97 Å². The number of carboxylic acid groups (broad SMARTS) is 1. The van der Waals surface area contributed by atoms with Crippen molar-refractivity contribution in [3.05, 3.63) is 30.0 Å². The van der Waals surface area contributed by atoms with Crippen molar-refractivity contribution in [1.29, 1.82) is 0 Å². The zero-order valence-corrected chi connectivity index (χ0v) is 10.5.